The summed E-state index contributed by atoms with van der Waals surface area (Å²) in [5.41, 5.74) is 3.75. The van der Waals surface area contributed by atoms with Crippen LogP contribution in [-0.4, -0.2) is 84.3 Å². The predicted octanol–water partition coefficient (Wildman–Crippen LogP) is 4.97. The number of hydrogen-bond acceptors (Lipinski definition) is 9. The van der Waals surface area contributed by atoms with Gasteiger partial charge in [0.25, 0.3) is 0 Å². The maximum absolute atomic E-state index is 10.1. The first-order chi connectivity index (χ1) is 18.4. The zero-order valence-corrected chi connectivity index (χ0v) is 23.8. The molecule has 0 amide bonds. The van der Waals surface area contributed by atoms with Crippen LogP contribution >= 0.6 is 15.9 Å². The van der Waals surface area contributed by atoms with E-state index in [9.17, 15) is 5.11 Å². The number of aromatic nitrogens is 2. The fraction of sp³-hybridized carbons (Fsp3) is 0.429. The molecule has 3 heterocycles. The Kier molecular flexibility index (Phi) is 8.21. The van der Waals surface area contributed by atoms with Gasteiger partial charge in [-0.25, -0.2) is 4.98 Å². The second kappa shape index (κ2) is 11.8. The van der Waals surface area contributed by atoms with Gasteiger partial charge in [0.15, 0.2) is 0 Å². The molecule has 0 bridgehead atoms. The van der Waals surface area contributed by atoms with Crippen molar-refractivity contribution >= 4 is 44.8 Å². The number of phenolic OH excluding ortho intramolecular Hbond substituents is 1. The number of aromatic hydroxyl groups is 1. The van der Waals surface area contributed by atoms with E-state index in [-0.39, 0.29) is 5.75 Å². The summed E-state index contributed by atoms with van der Waals surface area (Å²) in [6.07, 6.45) is 4.05. The van der Waals surface area contributed by atoms with Crippen LogP contribution in [0.15, 0.2) is 47.1 Å². The fourth-order valence-electron chi connectivity index (χ4n) is 5.29. The Morgan fingerprint density at radius 1 is 1.00 bits per heavy atom. The van der Waals surface area contributed by atoms with Gasteiger partial charge in [0.2, 0.25) is 5.95 Å². The zero-order chi connectivity index (χ0) is 26.6. The summed E-state index contributed by atoms with van der Waals surface area (Å²) in [6.45, 7) is 8.92. The van der Waals surface area contributed by atoms with Crippen molar-refractivity contribution in [2.45, 2.75) is 25.8 Å². The van der Waals surface area contributed by atoms with Crippen LogP contribution in [-0.2, 0) is 0 Å². The van der Waals surface area contributed by atoms with Crippen LogP contribution in [0.5, 0.6) is 11.5 Å². The summed E-state index contributed by atoms with van der Waals surface area (Å²) in [7, 11) is 3.90. The number of phenols is 1. The van der Waals surface area contributed by atoms with Gasteiger partial charge in [-0.15, -0.1) is 0 Å². The molecule has 2 aromatic carbocycles. The number of hydrogen-bond donors (Lipinski definition) is 3. The predicted molar refractivity (Wildman–Crippen MR) is 156 cm³/mol. The lowest BCUT2D eigenvalue weighted by molar-refractivity contribution is 0.0982. The molecule has 0 atom stereocenters. The number of anilines is 5. The summed E-state index contributed by atoms with van der Waals surface area (Å²) in [4.78, 5) is 16.6. The topological polar surface area (TPSA) is 89.0 Å². The Bertz CT molecular complexity index is 1260. The Morgan fingerprint density at radius 2 is 1.74 bits per heavy atom. The number of rotatable bonds is 7. The first-order valence-electron chi connectivity index (χ1n) is 13.1. The number of piperazine rings is 1. The standard InChI is InChI=1S/C28H36BrN7O2/c1-19-16-23(32-28-30-18-21(29)27(33-28)31-22-6-4-5-7-25(22)37)26(38-3)17-24(19)36-10-8-20(9-11-36)35-14-12-34(2)13-15-35/h4-7,16-18,20,37H,8-15H2,1-3H3,(H2,30,31,32,33). The van der Waals surface area contributed by atoms with Gasteiger partial charge in [-0.3, -0.25) is 4.90 Å². The molecular weight excluding hydrogens is 546 g/mol. The minimum Gasteiger partial charge on any atom is -0.506 e. The normalized spacial score (nSPS) is 17.4. The maximum Gasteiger partial charge on any atom is 0.229 e. The molecule has 10 heteroatoms. The molecule has 2 aliphatic rings. The van der Waals surface area contributed by atoms with E-state index in [0.29, 0.717) is 28.0 Å². The smallest absolute Gasteiger partial charge is 0.229 e. The van der Waals surface area contributed by atoms with E-state index in [1.165, 1.54) is 50.3 Å². The molecule has 0 unspecified atom stereocenters. The van der Waals surface area contributed by atoms with Crippen molar-refractivity contribution < 1.29 is 9.84 Å². The number of ether oxygens (including phenoxy) is 1. The summed E-state index contributed by atoms with van der Waals surface area (Å²) in [6, 6.07) is 11.9. The van der Waals surface area contributed by atoms with E-state index in [4.69, 9.17) is 4.74 Å². The highest BCUT2D eigenvalue weighted by molar-refractivity contribution is 9.10. The number of nitrogens with zero attached hydrogens (tertiary/aromatic N) is 5. The van der Waals surface area contributed by atoms with Gasteiger partial charge in [0.1, 0.15) is 17.3 Å². The quantitative estimate of drug-likeness (QED) is 0.335. The van der Waals surface area contributed by atoms with Gasteiger partial charge < -0.3 is 30.3 Å². The second-order valence-corrected chi connectivity index (χ2v) is 10.9. The molecule has 2 saturated heterocycles. The number of nitrogens with one attached hydrogen (secondary N) is 2. The number of piperidine rings is 1. The van der Waals surface area contributed by atoms with E-state index in [1.807, 2.05) is 6.07 Å². The summed E-state index contributed by atoms with van der Waals surface area (Å²) < 4.78 is 6.47. The molecule has 202 valence electrons. The average molecular weight is 583 g/mol. The van der Waals surface area contributed by atoms with Gasteiger partial charge in [-0.05, 0) is 66.5 Å². The minimum absolute atomic E-state index is 0.146. The minimum atomic E-state index is 0.146. The summed E-state index contributed by atoms with van der Waals surface area (Å²) in [5.74, 6) is 1.85. The van der Waals surface area contributed by atoms with Crippen LogP contribution in [0.2, 0.25) is 0 Å². The van der Waals surface area contributed by atoms with E-state index >= 15 is 0 Å². The molecule has 2 fully saturated rings. The fourth-order valence-corrected chi connectivity index (χ4v) is 5.58. The van der Waals surface area contributed by atoms with Crippen molar-refractivity contribution in [2.75, 3.05) is 69.0 Å². The second-order valence-electron chi connectivity index (χ2n) is 10.1. The Labute approximate surface area is 233 Å². The highest BCUT2D eigenvalue weighted by Gasteiger charge is 2.27. The van der Waals surface area contributed by atoms with Gasteiger partial charge in [0.05, 0.1) is 23.0 Å². The monoisotopic (exact) mass is 581 g/mol. The van der Waals surface area contributed by atoms with Crippen LogP contribution in [0.1, 0.15) is 18.4 Å². The molecule has 2 aliphatic heterocycles. The lowest BCUT2D eigenvalue weighted by Crippen LogP contribution is -2.52. The Morgan fingerprint density at radius 3 is 2.45 bits per heavy atom. The first-order valence-corrected chi connectivity index (χ1v) is 13.9. The molecule has 1 aromatic heterocycles. The molecule has 0 saturated carbocycles. The van der Waals surface area contributed by atoms with Crippen molar-refractivity contribution in [3.63, 3.8) is 0 Å². The molecule has 0 radical (unpaired) electrons. The van der Waals surface area contributed by atoms with Gasteiger partial charge >= 0.3 is 0 Å². The van der Waals surface area contributed by atoms with Gasteiger partial charge in [-0.2, -0.15) is 4.98 Å². The van der Waals surface area contributed by atoms with Crippen molar-refractivity contribution in [2.24, 2.45) is 0 Å². The number of halogens is 1. The molecular formula is C28H36BrN7O2. The van der Waals surface area contributed by atoms with Crippen LogP contribution in [0.3, 0.4) is 0 Å². The SMILES string of the molecule is COc1cc(N2CCC(N3CCN(C)CC3)CC2)c(C)cc1Nc1ncc(Br)c(Nc2ccccc2O)n1. The molecule has 5 rings (SSSR count). The lowest BCUT2D eigenvalue weighted by Gasteiger charge is -2.43. The third kappa shape index (κ3) is 5.98. The summed E-state index contributed by atoms with van der Waals surface area (Å²) in [5, 5.41) is 16.6. The van der Waals surface area contributed by atoms with Gasteiger partial charge in [-0.1, -0.05) is 12.1 Å². The number of para-hydroxylation sites is 2. The van der Waals surface area contributed by atoms with Crippen molar-refractivity contribution in [3.8, 4) is 11.5 Å². The number of likely N-dealkylation sites (N-methyl/N-ethyl adjacent to an activating group) is 1. The van der Waals surface area contributed by atoms with E-state index in [1.54, 1.807) is 31.5 Å². The highest BCUT2D eigenvalue weighted by atomic mass is 79.9. The molecule has 0 aliphatic carbocycles. The largest absolute Gasteiger partial charge is 0.506 e. The number of aryl methyl sites for hydroxylation is 1. The third-order valence-electron chi connectivity index (χ3n) is 7.53. The number of benzene rings is 2. The lowest BCUT2D eigenvalue weighted by atomic mass is 10.0. The third-order valence-corrected chi connectivity index (χ3v) is 8.11. The van der Waals surface area contributed by atoms with Crippen molar-refractivity contribution in [1.82, 2.24) is 19.8 Å². The van der Waals surface area contributed by atoms with E-state index < -0.39 is 0 Å². The Balaban J connectivity index is 1.29. The maximum atomic E-state index is 10.1. The van der Waals surface area contributed by atoms with Gasteiger partial charge in [0, 0.05) is 63.3 Å². The van der Waals surface area contributed by atoms with Crippen molar-refractivity contribution in [3.05, 3.63) is 52.6 Å². The van der Waals surface area contributed by atoms with Crippen LogP contribution in [0, 0.1) is 6.92 Å². The molecule has 3 aromatic rings. The highest BCUT2D eigenvalue weighted by Crippen LogP contribution is 2.37. The van der Waals surface area contributed by atoms with Crippen LogP contribution < -0.4 is 20.3 Å². The first kappa shape index (κ1) is 26.5. The molecule has 0 spiro atoms. The number of methoxy groups -OCH3 is 1. The zero-order valence-electron chi connectivity index (χ0n) is 22.2. The van der Waals surface area contributed by atoms with Crippen LogP contribution in [0.4, 0.5) is 28.8 Å². The average Bonchev–Trinajstić information content (AvgIpc) is 2.92. The van der Waals surface area contributed by atoms with Crippen LogP contribution in [0.25, 0.3) is 0 Å². The summed E-state index contributed by atoms with van der Waals surface area (Å²) >= 11 is 3.49. The van der Waals surface area contributed by atoms with E-state index in [0.717, 1.165) is 24.5 Å². The van der Waals surface area contributed by atoms with Crippen molar-refractivity contribution in [1.29, 1.82) is 0 Å². The molecule has 9 nitrogen and oxygen atoms in total. The molecule has 3 N–H and O–H groups in total. The molecule has 38 heavy (non-hydrogen) atoms. The Hall–Kier alpha value is -3.08. The van der Waals surface area contributed by atoms with E-state index in [2.05, 4.69) is 77.3 Å².